The average molecular weight is 431 g/mol. The lowest BCUT2D eigenvalue weighted by Gasteiger charge is -2.14. The van der Waals surface area contributed by atoms with E-state index in [1.165, 1.54) is 23.5 Å². The Morgan fingerprint density at radius 2 is 1.68 bits per heavy atom. The summed E-state index contributed by atoms with van der Waals surface area (Å²) in [6.45, 7) is 0. The monoisotopic (exact) mass is 430 g/mol. The van der Waals surface area contributed by atoms with Crippen LogP contribution in [0.15, 0.2) is 64.9 Å². The number of nitrogens with zero attached hydrogens (tertiary/aromatic N) is 2. The van der Waals surface area contributed by atoms with Gasteiger partial charge >= 0.3 is 0 Å². The van der Waals surface area contributed by atoms with Crippen LogP contribution in [0.4, 0.5) is 0 Å². The Labute approximate surface area is 170 Å². The molecule has 0 bridgehead atoms. The van der Waals surface area contributed by atoms with Gasteiger partial charge in [-0.2, -0.15) is 0 Å². The zero-order chi connectivity index (χ0) is 19.9. The molecule has 1 unspecified atom stereocenters. The minimum atomic E-state index is -3.77. The van der Waals surface area contributed by atoms with Crippen LogP contribution in [0, 0.1) is 0 Å². The summed E-state index contributed by atoms with van der Waals surface area (Å²) in [5.41, 5.74) is 9.76. The van der Waals surface area contributed by atoms with Crippen molar-refractivity contribution >= 4 is 43.2 Å². The van der Waals surface area contributed by atoms with Crippen LogP contribution in [0.3, 0.4) is 0 Å². The highest BCUT2D eigenvalue weighted by Crippen LogP contribution is 2.38. The highest BCUT2D eigenvalue weighted by molar-refractivity contribution is 7.89. The summed E-state index contributed by atoms with van der Waals surface area (Å²) in [5, 5.41) is 8.12. The molecule has 0 radical (unpaired) electrons. The Morgan fingerprint density at radius 3 is 2.32 bits per heavy atom. The van der Waals surface area contributed by atoms with Gasteiger partial charge in [0.2, 0.25) is 15.3 Å². The molecule has 0 saturated heterocycles. The number of halogens is 1. The molecular weight excluding hydrogens is 416 g/mol. The van der Waals surface area contributed by atoms with Gasteiger partial charge in [0.05, 0.1) is 16.6 Å². The van der Waals surface area contributed by atoms with Gasteiger partial charge in [0.25, 0.3) is 0 Å². The molecule has 28 heavy (non-hydrogen) atoms. The molecular formula is C19H15ClN4O2S2. The van der Waals surface area contributed by atoms with Crippen molar-refractivity contribution in [1.29, 1.82) is 0 Å². The first kappa shape index (κ1) is 19.0. The van der Waals surface area contributed by atoms with E-state index in [2.05, 4.69) is 9.97 Å². The number of rotatable bonds is 4. The summed E-state index contributed by atoms with van der Waals surface area (Å²) in [6, 6.07) is 15.4. The number of thiophene rings is 1. The molecule has 0 aliphatic heterocycles. The van der Waals surface area contributed by atoms with E-state index in [4.69, 9.17) is 22.5 Å². The van der Waals surface area contributed by atoms with E-state index in [1.807, 2.05) is 35.7 Å². The average Bonchev–Trinajstić information content (AvgIpc) is 3.10. The third kappa shape index (κ3) is 3.52. The van der Waals surface area contributed by atoms with Gasteiger partial charge in [0.15, 0.2) is 0 Å². The van der Waals surface area contributed by atoms with Gasteiger partial charge in [-0.15, -0.1) is 11.3 Å². The van der Waals surface area contributed by atoms with Crippen molar-refractivity contribution in [3.63, 3.8) is 0 Å². The van der Waals surface area contributed by atoms with Crippen LogP contribution in [-0.2, 0) is 10.0 Å². The molecule has 0 amide bonds. The fourth-order valence-corrected chi connectivity index (χ4v) is 4.72. The zero-order valence-corrected chi connectivity index (χ0v) is 16.8. The molecule has 0 spiro atoms. The number of nitrogens with two attached hydrogens (primary N) is 2. The summed E-state index contributed by atoms with van der Waals surface area (Å²) in [5.74, 6) is 0. The maximum Gasteiger partial charge on any atom is 0.238 e. The van der Waals surface area contributed by atoms with Crippen molar-refractivity contribution < 1.29 is 8.42 Å². The normalized spacial score (nSPS) is 13.0. The van der Waals surface area contributed by atoms with Crippen LogP contribution >= 0.6 is 22.9 Å². The van der Waals surface area contributed by atoms with E-state index < -0.39 is 16.1 Å². The molecule has 0 aliphatic carbocycles. The number of primary sulfonamides is 1. The van der Waals surface area contributed by atoms with Gasteiger partial charge in [-0.3, -0.25) is 0 Å². The van der Waals surface area contributed by atoms with Gasteiger partial charge in [0, 0.05) is 16.3 Å². The van der Waals surface area contributed by atoms with E-state index in [0.717, 1.165) is 21.3 Å². The molecule has 6 nitrogen and oxygen atoms in total. The largest absolute Gasteiger partial charge is 0.319 e. The second kappa shape index (κ2) is 7.23. The maximum atomic E-state index is 11.5. The standard InChI is InChI=1S/C19H15ClN4O2S2/c20-19-23-17(16(21)12-6-8-13(9-7-12)28(22,25)26)15-14(10-27-18(15)24-19)11-4-2-1-3-5-11/h1-10,16H,21H2,(H2,22,25,26). The summed E-state index contributed by atoms with van der Waals surface area (Å²) in [4.78, 5) is 9.49. The molecule has 2 aromatic carbocycles. The predicted molar refractivity (Wildman–Crippen MR) is 112 cm³/mol. The zero-order valence-electron chi connectivity index (χ0n) is 14.4. The summed E-state index contributed by atoms with van der Waals surface area (Å²) in [7, 11) is -3.77. The minimum absolute atomic E-state index is 0.0230. The van der Waals surface area contributed by atoms with Gasteiger partial charge in [0.1, 0.15) is 4.83 Å². The molecule has 2 aromatic heterocycles. The van der Waals surface area contributed by atoms with Crippen molar-refractivity contribution in [3.05, 3.63) is 76.5 Å². The van der Waals surface area contributed by atoms with E-state index in [9.17, 15) is 8.42 Å². The Hall–Kier alpha value is -2.36. The number of hydrogen-bond donors (Lipinski definition) is 2. The Kier molecular flexibility index (Phi) is 4.90. The van der Waals surface area contributed by atoms with Crippen LogP contribution in [0.2, 0.25) is 5.28 Å². The molecule has 4 rings (SSSR count). The molecule has 0 fully saturated rings. The number of hydrogen-bond acceptors (Lipinski definition) is 6. The molecule has 4 aromatic rings. The molecule has 1 atom stereocenters. The summed E-state index contributed by atoms with van der Waals surface area (Å²) >= 11 is 7.60. The third-order valence-electron chi connectivity index (χ3n) is 4.38. The minimum Gasteiger partial charge on any atom is -0.319 e. The SMILES string of the molecule is NC(c1ccc(S(N)(=O)=O)cc1)c1nc(Cl)nc2scc(-c3ccccc3)c12. The number of benzene rings is 2. The van der Waals surface area contributed by atoms with Crippen molar-refractivity contribution in [2.45, 2.75) is 10.9 Å². The van der Waals surface area contributed by atoms with Crippen molar-refractivity contribution in [1.82, 2.24) is 9.97 Å². The fourth-order valence-electron chi connectivity index (χ4n) is 3.02. The molecule has 4 N–H and O–H groups in total. The number of aromatic nitrogens is 2. The van der Waals surface area contributed by atoms with Crippen molar-refractivity contribution in [2.75, 3.05) is 0 Å². The van der Waals surface area contributed by atoms with Crippen LogP contribution < -0.4 is 10.9 Å². The van der Waals surface area contributed by atoms with Gasteiger partial charge in [-0.05, 0) is 34.9 Å². The van der Waals surface area contributed by atoms with Crippen LogP contribution in [-0.4, -0.2) is 18.4 Å². The quantitative estimate of drug-likeness (QED) is 0.479. The van der Waals surface area contributed by atoms with Crippen LogP contribution in [0.25, 0.3) is 21.3 Å². The predicted octanol–water partition coefficient (Wildman–Crippen LogP) is 3.71. The van der Waals surface area contributed by atoms with Crippen molar-refractivity contribution in [3.8, 4) is 11.1 Å². The molecule has 0 aliphatic rings. The fraction of sp³-hybridized carbons (Fsp3) is 0.0526. The summed E-state index contributed by atoms with van der Waals surface area (Å²) in [6.07, 6.45) is 0. The highest BCUT2D eigenvalue weighted by atomic mass is 35.5. The third-order valence-corrected chi connectivity index (χ3v) is 6.35. The Bertz CT molecular complexity index is 1260. The van der Waals surface area contributed by atoms with E-state index in [-0.39, 0.29) is 10.2 Å². The first-order valence-electron chi connectivity index (χ1n) is 8.23. The van der Waals surface area contributed by atoms with E-state index >= 15 is 0 Å². The maximum absolute atomic E-state index is 11.5. The lowest BCUT2D eigenvalue weighted by molar-refractivity contribution is 0.597. The summed E-state index contributed by atoms with van der Waals surface area (Å²) < 4.78 is 23.0. The molecule has 0 saturated carbocycles. The molecule has 142 valence electrons. The van der Waals surface area contributed by atoms with Crippen LogP contribution in [0.5, 0.6) is 0 Å². The van der Waals surface area contributed by atoms with Crippen LogP contribution in [0.1, 0.15) is 17.3 Å². The van der Waals surface area contributed by atoms with E-state index in [1.54, 1.807) is 12.1 Å². The second-order valence-corrected chi connectivity index (χ2v) is 8.92. The second-order valence-electron chi connectivity index (χ2n) is 6.17. The first-order valence-corrected chi connectivity index (χ1v) is 11.0. The van der Waals surface area contributed by atoms with Crippen molar-refractivity contribution in [2.24, 2.45) is 10.9 Å². The topological polar surface area (TPSA) is 112 Å². The molecule has 9 heteroatoms. The number of fused-ring (bicyclic) bond motifs is 1. The first-order chi connectivity index (χ1) is 13.3. The van der Waals surface area contributed by atoms with Gasteiger partial charge in [-0.25, -0.2) is 23.5 Å². The van der Waals surface area contributed by atoms with E-state index in [0.29, 0.717) is 11.3 Å². The smallest absolute Gasteiger partial charge is 0.238 e. The molecule has 2 heterocycles. The Balaban J connectivity index is 1.87. The highest BCUT2D eigenvalue weighted by Gasteiger charge is 2.21. The van der Waals surface area contributed by atoms with Gasteiger partial charge < -0.3 is 5.73 Å². The lowest BCUT2D eigenvalue weighted by Crippen LogP contribution is -2.16. The van der Waals surface area contributed by atoms with Gasteiger partial charge in [-0.1, -0.05) is 42.5 Å². The Morgan fingerprint density at radius 1 is 1.00 bits per heavy atom. The number of sulfonamides is 1. The lowest BCUT2D eigenvalue weighted by atomic mass is 9.98.